The summed E-state index contributed by atoms with van der Waals surface area (Å²) >= 11 is 0. The number of nitrogens with zero attached hydrogens (tertiary/aromatic N) is 2. The Morgan fingerprint density at radius 3 is 2.50 bits per heavy atom. The van der Waals surface area contributed by atoms with Gasteiger partial charge < -0.3 is 18.9 Å². The molecule has 0 N–H and O–H groups in total. The number of rotatable bonds is 6. The van der Waals surface area contributed by atoms with Gasteiger partial charge in [0.2, 0.25) is 6.23 Å². The first-order valence-electron chi connectivity index (χ1n) is 10.8. The van der Waals surface area contributed by atoms with E-state index in [0.717, 1.165) is 51.8 Å². The Morgan fingerprint density at radius 2 is 1.72 bits per heavy atom. The molecule has 3 aromatic carbocycles. The zero-order valence-corrected chi connectivity index (χ0v) is 18.4. The number of methoxy groups -OCH3 is 2. The molecule has 3 aromatic rings. The van der Waals surface area contributed by atoms with Gasteiger partial charge in [-0.1, -0.05) is 36.4 Å². The van der Waals surface area contributed by atoms with Crippen LogP contribution in [0.25, 0.3) is 0 Å². The lowest BCUT2D eigenvalue weighted by Gasteiger charge is -2.38. The fraction of sp³-hybridized carbons (Fsp3) is 0.269. The van der Waals surface area contributed by atoms with Crippen LogP contribution in [0.15, 0.2) is 71.8 Å². The normalized spacial score (nSPS) is 18.8. The lowest BCUT2D eigenvalue weighted by Crippen LogP contribution is -2.34. The van der Waals surface area contributed by atoms with E-state index < -0.39 is 6.23 Å². The third-order valence-electron chi connectivity index (χ3n) is 5.86. The molecule has 6 nitrogen and oxygen atoms in total. The summed E-state index contributed by atoms with van der Waals surface area (Å²) in [7, 11) is 3.35. The van der Waals surface area contributed by atoms with E-state index >= 15 is 0 Å². The molecule has 2 heterocycles. The second-order valence-corrected chi connectivity index (χ2v) is 7.73. The highest BCUT2D eigenvalue weighted by atomic mass is 16.5. The van der Waals surface area contributed by atoms with Gasteiger partial charge in [-0.3, -0.25) is 0 Å². The summed E-state index contributed by atoms with van der Waals surface area (Å²) < 4.78 is 23.3. The van der Waals surface area contributed by atoms with Crippen LogP contribution in [0.1, 0.15) is 42.3 Å². The molecule has 2 aliphatic rings. The molecular weight excluding hydrogens is 404 g/mol. The largest absolute Gasteiger partial charge is 0.497 e. The first-order valence-corrected chi connectivity index (χ1v) is 10.8. The molecule has 0 aliphatic carbocycles. The minimum absolute atomic E-state index is 0.0385. The Kier molecular flexibility index (Phi) is 5.35. The highest BCUT2D eigenvalue weighted by molar-refractivity contribution is 6.02. The summed E-state index contributed by atoms with van der Waals surface area (Å²) in [5.41, 5.74) is 4.10. The average Bonchev–Trinajstić information content (AvgIpc) is 3.30. The van der Waals surface area contributed by atoms with Crippen LogP contribution in [0.3, 0.4) is 0 Å². The lowest BCUT2D eigenvalue weighted by molar-refractivity contribution is -0.0213. The predicted molar refractivity (Wildman–Crippen MR) is 123 cm³/mol. The van der Waals surface area contributed by atoms with E-state index in [-0.39, 0.29) is 6.04 Å². The molecule has 0 spiro atoms. The molecule has 164 valence electrons. The molecule has 0 fully saturated rings. The molecule has 6 heteroatoms. The number of hydrogen-bond donors (Lipinski definition) is 0. The van der Waals surface area contributed by atoms with Gasteiger partial charge in [-0.25, -0.2) is 5.01 Å². The number of ether oxygens (including phenoxy) is 4. The van der Waals surface area contributed by atoms with E-state index in [4.69, 9.17) is 24.0 Å². The summed E-state index contributed by atoms with van der Waals surface area (Å²) in [6.45, 7) is 2.55. The summed E-state index contributed by atoms with van der Waals surface area (Å²) in [5, 5.41) is 7.09. The Balaban J connectivity index is 1.61. The maximum atomic E-state index is 6.56. The summed E-state index contributed by atoms with van der Waals surface area (Å²) in [6.07, 6.45) is 0.367. The van der Waals surface area contributed by atoms with Gasteiger partial charge in [0.1, 0.15) is 11.5 Å². The number of hydrazone groups is 1. The van der Waals surface area contributed by atoms with Gasteiger partial charge in [-0.2, -0.15) is 5.10 Å². The van der Waals surface area contributed by atoms with Crippen molar-refractivity contribution in [2.24, 2.45) is 5.10 Å². The third-order valence-corrected chi connectivity index (χ3v) is 5.86. The Labute approximate surface area is 188 Å². The van der Waals surface area contributed by atoms with Crippen LogP contribution < -0.4 is 18.9 Å². The van der Waals surface area contributed by atoms with Gasteiger partial charge in [0.25, 0.3) is 0 Å². The van der Waals surface area contributed by atoms with Crippen molar-refractivity contribution in [3.8, 4) is 23.0 Å². The standard InChI is InChI=1S/C26H26N2O4/c1-4-31-24-13-7-12-21-23-16-22(17-8-5-10-19(14-17)29-2)27-28(23)26(32-25(21)24)18-9-6-11-20(15-18)30-3/h5-15,23,26H,4,16H2,1-3H3/t23-,26-/m0/s1. The molecule has 32 heavy (non-hydrogen) atoms. The monoisotopic (exact) mass is 430 g/mol. The summed E-state index contributed by atoms with van der Waals surface area (Å²) in [5.74, 6) is 3.13. The summed E-state index contributed by atoms with van der Waals surface area (Å²) in [6, 6.07) is 22.1. The molecular formula is C26H26N2O4. The van der Waals surface area contributed by atoms with Crippen LogP contribution in [0.2, 0.25) is 0 Å². The highest BCUT2D eigenvalue weighted by Gasteiger charge is 2.42. The molecule has 0 unspecified atom stereocenters. The molecule has 0 radical (unpaired) electrons. The number of para-hydroxylation sites is 1. The average molecular weight is 431 g/mol. The van der Waals surface area contributed by atoms with E-state index in [1.165, 1.54) is 0 Å². The fourth-order valence-corrected chi connectivity index (χ4v) is 4.35. The lowest BCUT2D eigenvalue weighted by atomic mass is 9.95. The molecule has 0 amide bonds. The van der Waals surface area contributed by atoms with Gasteiger partial charge in [-0.05, 0) is 37.3 Å². The molecule has 0 bridgehead atoms. The van der Waals surface area contributed by atoms with Crippen LogP contribution in [-0.2, 0) is 0 Å². The van der Waals surface area contributed by atoms with Gasteiger partial charge in [0.15, 0.2) is 11.5 Å². The van der Waals surface area contributed by atoms with Crippen molar-refractivity contribution in [1.29, 1.82) is 0 Å². The van der Waals surface area contributed by atoms with Crippen molar-refractivity contribution in [3.05, 3.63) is 83.4 Å². The maximum Gasteiger partial charge on any atom is 0.214 e. The molecule has 0 saturated carbocycles. The number of fused-ring (bicyclic) bond motifs is 3. The quantitative estimate of drug-likeness (QED) is 0.528. The van der Waals surface area contributed by atoms with Gasteiger partial charge >= 0.3 is 0 Å². The van der Waals surface area contributed by atoms with Crippen molar-refractivity contribution in [1.82, 2.24) is 5.01 Å². The Bertz CT molecular complexity index is 1160. The highest BCUT2D eigenvalue weighted by Crippen LogP contribution is 2.51. The Hall–Kier alpha value is -3.67. The fourth-order valence-electron chi connectivity index (χ4n) is 4.35. The van der Waals surface area contributed by atoms with Crippen molar-refractivity contribution in [2.75, 3.05) is 20.8 Å². The van der Waals surface area contributed by atoms with Gasteiger partial charge in [0.05, 0.1) is 32.6 Å². The minimum atomic E-state index is -0.396. The Morgan fingerprint density at radius 1 is 0.969 bits per heavy atom. The van der Waals surface area contributed by atoms with Crippen molar-refractivity contribution >= 4 is 5.71 Å². The zero-order valence-electron chi connectivity index (χ0n) is 18.4. The van der Waals surface area contributed by atoms with E-state index in [9.17, 15) is 0 Å². The molecule has 2 aliphatic heterocycles. The molecule has 5 rings (SSSR count). The van der Waals surface area contributed by atoms with E-state index in [1.807, 2.05) is 61.5 Å². The van der Waals surface area contributed by atoms with Crippen molar-refractivity contribution < 1.29 is 18.9 Å². The second-order valence-electron chi connectivity index (χ2n) is 7.73. The second kappa shape index (κ2) is 8.46. The molecule has 0 saturated heterocycles. The zero-order chi connectivity index (χ0) is 22.1. The van der Waals surface area contributed by atoms with Gasteiger partial charge in [0, 0.05) is 23.1 Å². The number of hydrogen-bond acceptors (Lipinski definition) is 6. The summed E-state index contributed by atoms with van der Waals surface area (Å²) in [4.78, 5) is 0. The maximum absolute atomic E-state index is 6.56. The first-order chi connectivity index (χ1) is 15.7. The van der Waals surface area contributed by atoms with E-state index in [2.05, 4.69) is 17.1 Å². The first kappa shape index (κ1) is 20.2. The molecule has 0 aromatic heterocycles. The van der Waals surface area contributed by atoms with Gasteiger partial charge in [-0.15, -0.1) is 0 Å². The molecule has 2 atom stereocenters. The van der Waals surface area contributed by atoms with Crippen LogP contribution in [-0.4, -0.2) is 31.5 Å². The minimum Gasteiger partial charge on any atom is -0.497 e. The predicted octanol–water partition coefficient (Wildman–Crippen LogP) is 5.34. The van der Waals surface area contributed by atoms with Crippen LogP contribution in [0.5, 0.6) is 23.0 Å². The van der Waals surface area contributed by atoms with Crippen molar-refractivity contribution in [2.45, 2.75) is 25.6 Å². The van der Waals surface area contributed by atoms with Crippen LogP contribution >= 0.6 is 0 Å². The van der Waals surface area contributed by atoms with Crippen molar-refractivity contribution in [3.63, 3.8) is 0 Å². The van der Waals surface area contributed by atoms with Crippen LogP contribution in [0, 0.1) is 0 Å². The number of benzene rings is 3. The topological polar surface area (TPSA) is 52.5 Å². The third kappa shape index (κ3) is 3.51. The van der Waals surface area contributed by atoms with E-state index in [0.29, 0.717) is 6.61 Å². The SMILES string of the molecule is CCOc1cccc2c1O[C@@H](c1cccc(OC)c1)N1N=C(c3cccc(OC)c3)C[C@@H]21. The van der Waals surface area contributed by atoms with E-state index in [1.54, 1.807) is 14.2 Å². The smallest absolute Gasteiger partial charge is 0.214 e. The van der Waals surface area contributed by atoms with Crippen LogP contribution in [0.4, 0.5) is 0 Å².